The molecule has 0 unspecified atom stereocenters. The number of carboxylic acids is 1. The summed E-state index contributed by atoms with van der Waals surface area (Å²) in [6.07, 6.45) is -0.00232. The molecule has 6 nitrogen and oxygen atoms in total. The normalized spacial score (nSPS) is 10.9. The maximum atomic E-state index is 11.7. The zero-order chi connectivity index (χ0) is 19.6. The highest BCUT2D eigenvalue weighted by molar-refractivity contribution is 6.04. The Morgan fingerprint density at radius 2 is 1.74 bits per heavy atom. The molecule has 0 saturated heterocycles. The standard InChI is InChI=1S/C21H21NO5/c1-12(2)27-17-9-8-13(10-19(17)26-4)16-11-15(21(23)24)14-6-5-7-18(25-3)20(14)22-16/h5-12H,1-4H3,(H,23,24)/p-1. The minimum atomic E-state index is -1.27. The number of aromatic nitrogens is 1. The Kier molecular flexibility index (Phi) is 5.16. The molecule has 0 bridgehead atoms. The predicted octanol–water partition coefficient (Wildman–Crippen LogP) is 3.07. The molecule has 0 amide bonds. The average molecular weight is 366 g/mol. The van der Waals surface area contributed by atoms with Crippen LogP contribution < -0.4 is 19.3 Å². The van der Waals surface area contributed by atoms with E-state index in [1.807, 2.05) is 19.9 Å². The summed E-state index contributed by atoms with van der Waals surface area (Å²) in [5.41, 5.74) is 1.67. The number of hydrogen-bond acceptors (Lipinski definition) is 6. The summed E-state index contributed by atoms with van der Waals surface area (Å²) >= 11 is 0. The number of fused-ring (bicyclic) bond motifs is 1. The fraction of sp³-hybridized carbons (Fsp3) is 0.238. The van der Waals surface area contributed by atoms with Crippen LogP contribution in [0, 0.1) is 0 Å². The highest BCUT2D eigenvalue weighted by Crippen LogP contribution is 2.35. The van der Waals surface area contributed by atoms with Crippen LogP contribution in [0.2, 0.25) is 0 Å². The lowest BCUT2D eigenvalue weighted by molar-refractivity contribution is -0.254. The van der Waals surface area contributed by atoms with Gasteiger partial charge in [0.05, 0.1) is 32.0 Å². The highest BCUT2D eigenvalue weighted by atomic mass is 16.5. The first-order valence-corrected chi connectivity index (χ1v) is 8.48. The van der Waals surface area contributed by atoms with Gasteiger partial charge in [-0.3, -0.25) is 0 Å². The number of methoxy groups -OCH3 is 2. The van der Waals surface area contributed by atoms with E-state index in [1.165, 1.54) is 13.2 Å². The molecule has 0 aliphatic rings. The largest absolute Gasteiger partial charge is 0.545 e. The maximum absolute atomic E-state index is 11.7. The minimum Gasteiger partial charge on any atom is -0.545 e. The third-order valence-corrected chi connectivity index (χ3v) is 4.06. The zero-order valence-corrected chi connectivity index (χ0v) is 15.6. The molecule has 1 heterocycles. The Bertz CT molecular complexity index is 997. The van der Waals surface area contributed by atoms with Crippen LogP contribution in [0.3, 0.4) is 0 Å². The van der Waals surface area contributed by atoms with Gasteiger partial charge in [0, 0.05) is 16.5 Å². The van der Waals surface area contributed by atoms with Crippen molar-refractivity contribution in [2.45, 2.75) is 20.0 Å². The van der Waals surface area contributed by atoms with Crippen molar-refractivity contribution >= 4 is 16.9 Å². The van der Waals surface area contributed by atoms with Crippen LogP contribution in [0.15, 0.2) is 42.5 Å². The first kappa shape index (κ1) is 18.5. The van der Waals surface area contributed by atoms with E-state index in [4.69, 9.17) is 14.2 Å². The average Bonchev–Trinajstić information content (AvgIpc) is 2.66. The number of nitrogens with zero attached hydrogens (tertiary/aromatic N) is 1. The number of pyridine rings is 1. The fourth-order valence-corrected chi connectivity index (χ4v) is 2.88. The first-order valence-electron chi connectivity index (χ1n) is 8.48. The van der Waals surface area contributed by atoms with E-state index in [2.05, 4.69) is 4.98 Å². The van der Waals surface area contributed by atoms with Crippen molar-refractivity contribution in [1.29, 1.82) is 0 Å². The predicted molar refractivity (Wildman–Crippen MR) is 100 cm³/mol. The molecule has 140 valence electrons. The van der Waals surface area contributed by atoms with Gasteiger partial charge in [0.25, 0.3) is 0 Å². The second kappa shape index (κ2) is 7.53. The van der Waals surface area contributed by atoms with Gasteiger partial charge in [-0.05, 0) is 44.2 Å². The van der Waals surface area contributed by atoms with Crippen LogP contribution in [0.1, 0.15) is 24.2 Å². The van der Waals surface area contributed by atoms with Crippen LogP contribution in [-0.4, -0.2) is 31.3 Å². The second-order valence-corrected chi connectivity index (χ2v) is 6.23. The minimum absolute atomic E-state index is 0.00232. The van der Waals surface area contributed by atoms with Gasteiger partial charge in [-0.1, -0.05) is 12.1 Å². The van der Waals surface area contributed by atoms with Crippen molar-refractivity contribution in [2.75, 3.05) is 14.2 Å². The highest BCUT2D eigenvalue weighted by Gasteiger charge is 2.14. The zero-order valence-electron chi connectivity index (χ0n) is 15.6. The lowest BCUT2D eigenvalue weighted by Gasteiger charge is -2.16. The van der Waals surface area contributed by atoms with E-state index in [9.17, 15) is 9.90 Å². The van der Waals surface area contributed by atoms with Crippen LogP contribution >= 0.6 is 0 Å². The Hall–Kier alpha value is -3.28. The van der Waals surface area contributed by atoms with Gasteiger partial charge in [0.1, 0.15) is 11.3 Å². The number of hydrogen-bond donors (Lipinski definition) is 0. The van der Waals surface area contributed by atoms with Crippen molar-refractivity contribution in [3.05, 3.63) is 48.0 Å². The van der Waals surface area contributed by atoms with Crippen LogP contribution in [0.4, 0.5) is 0 Å². The van der Waals surface area contributed by atoms with Gasteiger partial charge in [-0.15, -0.1) is 0 Å². The number of para-hydroxylation sites is 1. The Morgan fingerprint density at radius 1 is 1.00 bits per heavy atom. The van der Waals surface area contributed by atoms with E-state index in [-0.39, 0.29) is 11.7 Å². The van der Waals surface area contributed by atoms with E-state index >= 15 is 0 Å². The van der Waals surface area contributed by atoms with E-state index in [1.54, 1.807) is 37.4 Å². The molecule has 3 rings (SSSR count). The number of carbonyl (C=O) groups is 1. The van der Waals surface area contributed by atoms with E-state index in [0.717, 1.165) is 0 Å². The summed E-state index contributed by atoms with van der Waals surface area (Å²) in [7, 11) is 3.07. The number of ether oxygens (including phenoxy) is 3. The van der Waals surface area contributed by atoms with E-state index < -0.39 is 5.97 Å². The molecular formula is C21H20NO5-. The van der Waals surface area contributed by atoms with Gasteiger partial charge in [0.15, 0.2) is 11.5 Å². The van der Waals surface area contributed by atoms with Gasteiger partial charge in [0.2, 0.25) is 0 Å². The second-order valence-electron chi connectivity index (χ2n) is 6.23. The molecule has 3 aromatic rings. The Morgan fingerprint density at radius 3 is 2.37 bits per heavy atom. The molecular weight excluding hydrogens is 346 g/mol. The molecule has 1 aromatic heterocycles. The quantitative estimate of drug-likeness (QED) is 0.667. The third-order valence-electron chi connectivity index (χ3n) is 4.06. The van der Waals surface area contributed by atoms with Crippen molar-refractivity contribution in [3.8, 4) is 28.5 Å². The molecule has 6 heteroatoms. The Labute approximate surface area is 157 Å². The first-order chi connectivity index (χ1) is 12.9. The van der Waals surface area contributed by atoms with Crippen molar-refractivity contribution in [2.24, 2.45) is 0 Å². The number of carbonyl (C=O) groups excluding carboxylic acids is 1. The summed E-state index contributed by atoms with van der Waals surface area (Å²) in [6.45, 7) is 3.85. The van der Waals surface area contributed by atoms with Crippen LogP contribution in [0.5, 0.6) is 17.2 Å². The molecule has 0 N–H and O–H groups in total. The lowest BCUT2D eigenvalue weighted by Crippen LogP contribution is -2.22. The SMILES string of the molecule is COc1cc(-c2cc(C(=O)[O-])c3cccc(OC)c3n2)ccc1OC(C)C. The number of rotatable bonds is 6. The topological polar surface area (TPSA) is 80.7 Å². The van der Waals surface area contributed by atoms with Crippen LogP contribution in [0.25, 0.3) is 22.2 Å². The lowest BCUT2D eigenvalue weighted by atomic mass is 10.0. The number of aromatic carboxylic acids is 1. The summed E-state index contributed by atoms with van der Waals surface area (Å²) < 4.78 is 16.5. The smallest absolute Gasteiger partial charge is 0.161 e. The molecule has 0 atom stereocenters. The molecule has 0 radical (unpaired) electrons. The molecule has 27 heavy (non-hydrogen) atoms. The van der Waals surface area contributed by atoms with Crippen LogP contribution in [-0.2, 0) is 0 Å². The van der Waals surface area contributed by atoms with Crippen molar-refractivity contribution in [3.63, 3.8) is 0 Å². The molecule has 0 fully saturated rings. The van der Waals surface area contributed by atoms with Gasteiger partial charge in [-0.25, -0.2) is 4.98 Å². The fourth-order valence-electron chi connectivity index (χ4n) is 2.88. The van der Waals surface area contributed by atoms with Gasteiger partial charge >= 0.3 is 0 Å². The van der Waals surface area contributed by atoms with E-state index in [0.29, 0.717) is 39.4 Å². The maximum Gasteiger partial charge on any atom is 0.161 e. The number of benzene rings is 2. The summed E-state index contributed by atoms with van der Waals surface area (Å²) in [5, 5.41) is 12.1. The van der Waals surface area contributed by atoms with Crippen molar-refractivity contribution < 1.29 is 24.1 Å². The summed E-state index contributed by atoms with van der Waals surface area (Å²) in [5.74, 6) is 0.361. The Balaban J connectivity index is 2.21. The summed E-state index contributed by atoms with van der Waals surface area (Å²) in [6, 6.07) is 12.0. The summed E-state index contributed by atoms with van der Waals surface area (Å²) in [4.78, 5) is 16.3. The molecule has 0 saturated carbocycles. The molecule has 2 aromatic carbocycles. The number of carboxylic acid groups (broad SMARTS) is 1. The monoisotopic (exact) mass is 366 g/mol. The van der Waals surface area contributed by atoms with Gasteiger partial charge in [-0.2, -0.15) is 0 Å². The molecule has 0 aliphatic carbocycles. The molecule has 0 aliphatic heterocycles. The third kappa shape index (κ3) is 3.65. The van der Waals surface area contributed by atoms with Crippen molar-refractivity contribution in [1.82, 2.24) is 4.98 Å². The molecule has 0 spiro atoms. The van der Waals surface area contributed by atoms with Gasteiger partial charge < -0.3 is 24.1 Å².